The van der Waals surface area contributed by atoms with E-state index in [0.29, 0.717) is 10.8 Å². The third-order valence-corrected chi connectivity index (χ3v) is 4.23. The van der Waals surface area contributed by atoms with Crippen LogP contribution in [0.1, 0.15) is 41.5 Å². The van der Waals surface area contributed by atoms with Crippen LogP contribution in [-0.4, -0.2) is 25.9 Å². The first-order valence-electron chi connectivity index (χ1n) is 7.61. The molecule has 0 unspecified atom stereocenters. The molecule has 0 spiro atoms. The van der Waals surface area contributed by atoms with Gasteiger partial charge in [0, 0.05) is 11.6 Å². The Morgan fingerprint density at radius 2 is 2.08 bits per heavy atom. The first kappa shape index (κ1) is 18.1. The number of rotatable bonds is 4. The molecule has 1 aromatic carbocycles. The van der Waals surface area contributed by atoms with Crippen molar-refractivity contribution in [1.29, 1.82) is 0 Å². The molecule has 0 aliphatic heterocycles. The van der Waals surface area contributed by atoms with Crippen LogP contribution in [0.15, 0.2) is 35.8 Å². The van der Waals surface area contributed by atoms with E-state index in [9.17, 15) is 18.0 Å². The van der Waals surface area contributed by atoms with E-state index in [1.165, 1.54) is 28.2 Å². The van der Waals surface area contributed by atoms with Crippen molar-refractivity contribution in [1.82, 2.24) is 20.0 Å². The number of thiazole rings is 1. The van der Waals surface area contributed by atoms with E-state index in [1.807, 2.05) is 13.8 Å². The zero-order valence-corrected chi connectivity index (χ0v) is 14.6. The third-order valence-electron chi connectivity index (χ3n) is 3.54. The number of benzene rings is 1. The normalized spacial score (nSPS) is 11.8. The number of nitrogens with zero attached hydrogens (tertiary/aromatic N) is 4. The lowest BCUT2D eigenvalue weighted by molar-refractivity contribution is -0.137. The SMILES string of the molecule is CC(C)c1c(C(=O)Nc2nccs2)nnn1-c1cccc(C(F)(F)F)c1. The van der Waals surface area contributed by atoms with Gasteiger partial charge >= 0.3 is 6.18 Å². The summed E-state index contributed by atoms with van der Waals surface area (Å²) in [5.74, 6) is -0.710. The Morgan fingerprint density at radius 1 is 1.31 bits per heavy atom. The van der Waals surface area contributed by atoms with E-state index in [1.54, 1.807) is 11.6 Å². The summed E-state index contributed by atoms with van der Waals surface area (Å²) in [5.41, 5.74) is -0.149. The number of carbonyl (C=O) groups is 1. The molecule has 0 atom stereocenters. The van der Waals surface area contributed by atoms with E-state index in [4.69, 9.17) is 0 Å². The smallest absolute Gasteiger partial charge is 0.296 e. The highest BCUT2D eigenvalue weighted by atomic mass is 32.1. The molecule has 26 heavy (non-hydrogen) atoms. The maximum Gasteiger partial charge on any atom is 0.416 e. The first-order valence-corrected chi connectivity index (χ1v) is 8.49. The second kappa shape index (κ2) is 6.87. The summed E-state index contributed by atoms with van der Waals surface area (Å²) >= 11 is 1.24. The Morgan fingerprint density at radius 3 is 2.69 bits per heavy atom. The number of nitrogens with one attached hydrogen (secondary N) is 1. The van der Waals surface area contributed by atoms with Gasteiger partial charge in [-0.2, -0.15) is 13.2 Å². The molecule has 0 bridgehead atoms. The van der Waals surface area contributed by atoms with Crippen molar-refractivity contribution in [2.75, 3.05) is 5.32 Å². The Labute approximate surface area is 150 Å². The van der Waals surface area contributed by atoms with Crippen LogP contribution in [0.25, 0.3) is 5.69 Å². The van der Waals surface area contributed by atoms with Crippen LogP contribution in [0.2, 0.25) is 0 Å². The Bertz CT molecular complexity index is 918. The van der Waals surface area contributed by atoms with Crippen molar-refractivity contribution in [2.45, 2.75) is 25.9 Å². The molecule has 3 rings (SSSR count). The van der Waals surface area contributed by atoms with Crippen LogP contribution in [-0.2, 0) is 6.18 Å². The Kier molecular flexibility index (Phi) is 4.77. The van der Waals surface area contributed by atoms with Crippen LogP contribution < -0.4 is 5.32 Å². The molecule has 6 nitrogen and oxygen atoms in total. The number of hydrogen-bond acceptors (Lipinski definition) is 5. The lowest BCUT2D eigenvalue weighted by Gasteiger charge is -2.13. The average Bonchev–Trinajstić information content (AvgIpc) is 3.23. The van der Waals surface area contributed by atoms with Crippen LogP contribution in [0.3, 0.4) is 0 Å². The summed E-state index contributed by atoms with van der Waals surface area (Å²) in [6, 6.07) is 4.73. The highest BCUT2D eigenvalue weighted by Crippen LogP contribution is 2.31. The quantitative estimate of drug-likeness (QED) is 0.738. The summed E-state index contributed by atoms with van der Waals surface area (Å²) in [4.78, 5) is 16.4. The fourth-order valence-corrected chi connectivity index (χ4v) is 2.94. The van der Waals surface area contributed by atoms with E-state index in [0.717, 1.165) is 12.1 Å². The predicted octanol–water partition coefficient (Wildman–Crippen LogP) is 4.12. The first-order chi connectivity index (χ1) is 12.3. The molecule has 3 aromatic rings. The second-order valence-corrected chi connectivity index (χ2v) is 6.62. The third kappa shape index (κ3) is 3.59. The molecule has 0 fully saturated rings. The number of halogens is 3. The van der Waals surface area contributed by atoms with Gasteiger partial charge in [0.2, 0.25) is 0 Å². The van der Waals surface area contributed by atoms with Gasteiger partial charge < -0.3 is 0 Å². The molecular weight excluding hydrogens is 367 g/mol. The standard InChI is InChI=1S/C16H14F3N5OS/c1-9(2)13-12(14(25)21-15-20-6-7-26-15)22-23-24(13)11-5-3-4-10(8-11)16(17,18)19/h3-9H,1-2H3,(H,20,21,25). The second-order valence-electron chi connectivity index (χ2n) is 5.73. The maximum atomic E-state index is 13.0. The molecule has 0 aliphatic carbocycles. The van der Waals surface area contributed by atoms with Gasteiger partial charge in [0.25, 0.3) is 5.91 Å². The topological polar surface area (TPSA) is 72.7 Å². The van der Waals surface area contributed by atoms with Crippen molar-refractivity contribution in [2.24, 2.45) is 0 Å². The minimum Gasteiger partial charge on any atom is -0.296 e. The fourth-order valence-electron chi connectivity index (χ4n) is 2.42. The summed E-state index contributed by atoms with van der Waals surface area (Å²) < 4.78 is 40.2. The van der Waals surface area contributed by atoms with Crippen LogP contribution in [0.4, 0.5) is 18.3 Å². The number of aromatic nitrogens is 4. The van der Waals surface area contributed by atoms with Crippen LogP contribution >= 0.6 is 11.3 Å². The lowest BCUT2D eigenvalue weighted by atomic mass is 10.1. The highest BCUT2D eigenvalue weighted by molar-refractivity contribution is 7.13. The maximum absolute atomic E-state index is 13.0. The predicted molar refractivity (Wildman–Crippen MR) is 90.5 cm³/mol. The highest BCUT2D eigenvalue weighted by Gasteiger charge is 2.31. The van der Waals surface area contributed by atoms with E-state index in [2.05, 4.69) is 20.6 Å². The van der Waals surface area contributed by atoms with Gasteiger partial charge in [-0.3, -0.25) is 10.1 Å². The van der Waals surface area contributed by atoms with Gasteiger partial charge in [-0.15, -0.1) is 16.4 Å². The monoisotopic (exact) mass is 381 g/mol. The summed E-state index contributed by atoms with van der Waals surface area (Å²) in [7, 11) is 0. The number of alkyl halides is 3. The molecule has 2 heterocycles. The molecule has 2 aromatic heterocycles. The summed E-state index contributed by atoms with van der Waals surface area (Å²) in [6.07, 6.45) is -2.93. The average molecular weight is 381 g/mol. The molecule has 0 aliphatic rings. The molecular formula is C16H14F3N5OS. The summed E-state index contributed by atoms with van der Waals surface area (Å²) in [5, 5.41) is 12.5. The van der Waals surface area contributed by atoms with Crippen LogP contribution in [0.5, 0.6) is 0 Å². The molecule has 0 saturated heterocycles. The zero-order valence-electron chi connectivity index (χ0n) is 13.8. The van der Waals surface area contributed by atoms with Crippen molar-refractivity contribution >= 4 is 22.4 Å². The number of amides is 1. The molecule has 1 amide bonds. The minimum atomic E-state index is -4.47. The Balaban J connectivity index is 2.02. The van der Waals surface area contributed by atoms with Crippen molar-refractivity contribution < 1.29 is 18.0 Å². The minimum absolute atomic E-state index is 0.0487. The molecule has 10 heteroatoms. The molecule has 136 valence electrons. The van der Waals surface area contributed by atoms with Crippen molar-refractivity contribution in [3.8, 4) is 5.69 Å². The largest absolute Gasteiger partial charge is 0.416 e. The van der Waals surface area contributed by atoms with E-state index in [-0.39, 0.29) is 17.3 Å². The zero-order chi connectivity index (χ0) is 18.9. The summed E-state index contributed by atoms with van der Waals surface area (Å²) in [6.45, 7) is 3.62. The van der Waals surface area contributed by atoms with Gasteiger partial charge in [-0.25, -0.2) is 9.67 Å². The van der Waals surface area contributed by atoms with E-state index >= 15 is 0 Å². The molecule has 0 radical (unpaired) electrons. The van der Waals surface area contributed by atoms with Gasteiger partial charge in [0.05, 0.1) is 16.9 Å². The number of anilines is 1. The fraction of sp³-hybridized carbons (Fsp3) is 0.250. The van der Waals surface area contributed by atoms with Gasteiger partial charge in [-0.1, -0.05) is 25.1 Å². The van der Waals surface area contributed by atoms with Gasteiger partial charge in [0.1, 0.15) is 0 Å². The van der Waals surface area contributed by atoms with Crippen molar-refractivity contribution in [3.05, 3.63) is 52.8 Å². The van der Waals surface area contributed by atoms with Gasteiger partial charge in [0.15, 0.2) is 10.8 Å². The number of carbonyl (C=O) groups excluding carboxylic acids is 1. The van der Waals surface area contributed by atoms with Crippen LogP contribution in [0, 0.1) is 0 Å². The molecule has 0 saturated carbocycles. The number of hydrogen-bond donors (Lipinski definition) is 1. The van der Waals surface area contributed by atoms with E-state index < -0.39 is 17.6 Å². The molecule has 1 N–H and O–H groups in total. The van der Waals surface area contributed by atoms with Gasteiger partial charge in [-0.05, 0) is 24.1 Å². The van der Waals surface area contributed by atoms with Crippen molar-refractivity contribution in [3.63, 3.8) is 0 Å². The lowest BCUT2D eigenvalue weighted by Crippen LogP contribution is -2.16. The Hall–Kier alpha value is -2.75.